The summed E-state index contributed by atoms with van der Waals surface area (Å²) in [5.41, 5.74) is 2.87. The molecule has 0 aliphatic heterocycles. The maximum atomic E-state index is 12.5. The standard InChI is InChI=1S/C20H17ClN4O3S2.BrH/c1-13-11-19(23-28-13)24-30(26,27)17-9-7-16(8-10-17)22-20-25(2)18(12-29-20)14-3-5-15(21)6-4-14;/h3-12H,1-2H3,(H,23,24);1H. The van der Waals surface area contributed by atoms with Gasteiger partial charge < -0.3 is 21.5 Å². The molecule has 31 heavy (non-hydrogen) atoms. The van der Waals surface area contributed by atoms with Gasteiger partial charge in [0.05, 0.1) is 11.9 Å². The van der Waals surface area contributed by atoms with Gasteiger partial charge in [-0.1, -0.05) is 28.1 Å². The smallest absolute Gasteiger partial charge is 0.339 e. The molecule has 0 unspecified atom stereocenters. The number of rotatable bonds is 6. The summed E-state index contributed by atoms with van der Waals surface area (Å²) >= 11 is 7.52. The van der Waals surface area contributed by atoms with Crippen LogP contribution in [-0.4, -0.2) is 13.6 Å². The Labute approximate surface area is 199 Å². The molecule has 0 aliphatic rings. The Balaban J connectivity index is 0.00000272. The maximum absolute atomic E-state index is 12.5. The number of nitrogens with zero attached hydrogens (tertiary/aromatic N) is 2. The summed E-state index contributed by atoms with van der Waals surface area (Å²) in [5, 5.41) is 10.6. The summed E-state index contributed by atoms with van der Waals surface area (Å²) in [6.45, 7) is 1.69. The van der Waals surface area contributed by atoms with Crippen LogP contribution in [0.3, 0.4) is 0 Å². The highest BCUT2D eigenvalue weighted by atomic mass is 79.9. The first-order valence-corrected chi connectivity index (χ1v) is 11.6. The average molecular weight is 542 g/mol. The minimum atomic E-state index is -3.75. The summed E-state index contributed by atoms with van der Waals surface area (Å²) < 4.78 is 34.3. The molecule has 0 atom stereocenters. The highest BCUT2D eigenvalue weighted by molar-refractivity contribution is 7.92. The molecule has 2 N–H and O–H groups in total. The van der Waals surface area contributed by atoms with Crippen molar-refractivity contribution in [1.82, 2.24) is 5.16 Å². The molecule has 4 aromatic rings. The van der Waals surface area contributed by atoms with Crippen molar-refractivity contribution in [1.29, 1.82) is 0 Å². The van der Waals surface area contributed by atoms with Crippen LogP contribution in [0, 0.1) is 6.92 Å². The monoisotopic (exact) mass is 540 g/mol. The zero-order chi connectivity index (χ0) is 21.3. The van der Waals surface area contributed by atoms with Crippen LogP contribution >= 0.6 is 22.9 Å². The van der Waals surface area contributed by atoms with E-state index in [4.69, 9.17) is 16.1 Å². The van der Waals surface area contributed by atoms with E-state index >= 15 is 0 Å². The van der Waals surface area contributed by atoms with Gasteiger partial charge in [-0.15, -0.1) is 0 Å². The first-order valence-electron chi connectivity index (χ1n) is 8.88. The van der Waals surface area contributed by atoms with Crippen LogP contribution in [0.25, 0.3) is 11.3 Å². The zero-order valence-electron chi connectivity index (χ0n) is 16.5. The summed E-state index contributed by atoms with van der Waals surface area (Å²) in [5.74, 6) is 0.670. The third kappa shape index (κ3) is 5.27. The van der Waals surface area contributed by atoms with Gasteiger partial charge in [0.15, 0.2) is 5.82 Å². The molecule has 4 rings (SSSR count). The fourth-order valence-electron chi connectivity index (χ4n) is 2.83. The third-order valence-electron chi connectivity index (χ3n) is 4.37. The van der Waals surface area contributed by atoms with E-state index in [1.165, 1.54) is 18.2 Å². The van der Waals surface area contributed by atoms with Gasteiger partial charge in [0, 0.05) is 22.0 Å². The molecule has 2 aromatic heterocycles. The highest BCUT2D eigenvalue weighted by Crippen LogP contribution is 2.26. The third-order valence-corrected chi connectivity index (χ3v) is 6.93. The van der Waals surface area contributed by atoms with E-state index in [0.717, 1.165) is 22.1 Å². The topological polar surface area (TPSA) is 88.1 Å². The molecule has 0 bridgehead atoms. The number of nitrogens with one attached hydrogen (secondary N) is 2. The van der Waals surface area contributed by atoms with Crippen molar-refractivity contribution >= 4 is 49.6 Å². The molecule has 11 heteroatoms. The molecular formula is C20H18BrClN4O3S2. The van der Waals surface area contributed by atoms with E-state index < -0.39 is 10.0 Å². The number of anilines is 3. The highest BCUT2D eigenvalue weighted by Gasteiger charge is 2.19. The molecule has 2 heterocycles. The Morgan fingerprint density at radius 3 is 2.39 bits per heavy atom. The number of halogens is 2. The van der Waals surface area contributed by atoms with Crippen molar-refractivity contribution in [3.63, 3.8) is 0 Å². The van der Waals surface area contributed by atoms with Gasteiger partial charge in [0.1, 0.15) is 17.1 Å². The number of benzene rings is 2. The van der Waals surface area contributed by atoms with Crippen LogP contribution in [0.4, 0.5) is 16.6 Å². The van der Waals surface area contributed by atoms with Crippen LogP contribution in [-0.2, 0) is 17.1 Å². The minimum absolute atomic E-state index is 0. The van der Waals surface area contributed by atoms with Gasteiger partial charge in [0.2, 0.25) is 0 Å². The van der Waals surface area contributed by atoms with Gasteiger partial charge in [-0.2, -0.15) is 0 Å². The second-order valence-electron chi connectivity index (χ2n) is 6.57. The Morgan fingerprint density at radius 2 is 1.77 bits per heavy atom. The zero-order valence-corrected chi connectivity index (χ0v) is 20.4. The summed E-state index contributed by atoms with van der Waals surface area (Å²) in [4.78, 5) is 0.131. The predicted molar refractivity (Wildman–Crippen MR) is 118 cm³/mol. The fourth-order valence-corrected chi connectivity index (χ4v) is 4.89. The molecule has 0 amide bonds. The Morgan fingerprint density at radius 1 is 1.10 bits per heavy atom. The number of thiazole rings is 1. The van der Waals surface area contributed by atoms with Crippen LogP contribution in [0.1, 0.15) is 5.76 Å². The normalized spacial score (nSPS) is 11.1. The summed E-state index contributed by atoms with van der Waals surface area (Å²) in [6.07, 6.45) is 0. The molecule has 0 fully saturated rings. The molecule has 2 aromatic carbocycles. The molecular weight excluding hydrogens is 524 g/mol. The van der Waals surface area contributed by atoms with E-state index in [-0.39, 0.29) is 27.7 Å². The lowest BCUT2D eigenvalue weighted by molar-refractivity contribution is -0.641. The minimum Gasteiger partial charge on any atom is -1.00 e. The van der Waals surface area contributed by atoms with Crippen molar-refractivity contribution < 1.29 is 34.5 Å². The molecule has 0 saturated heterocycles. The van der Waals surface area contributed by atoms with E-state index in [1.807, 2.05) is 41.3 Å². The second kappa shape index (κ2) is 9.39. The van der Waals surface area contributed by atoms with Crippen molar-refractivity contribution in [3.05, 3.63) is 70.8 Å². The van der Waals surface area contributed by atoms with Gasteiger partial charge in [0.25, 0.3) is 10.0 Å². The van der Waals surface area contributed by atoms with E-state index in [2.05, 4.69) is 15.2 Å². The average Bonchev–Trinajstić information content (AvgIpc) is 3.28. The van der Waals surface area contributed by atoms with Crippen LogP contribution in [0.5, 0.6) is 0 Å². The lowest BCUT2D eigenvalue weighted by atomic mass is 10.2. The first-order chi connectivity index (χ1) is 14.3. The molecule has 0 saturated carbocycles. The summed E-state index contributed by atoms with van der Waals surface area (Å²) in [7, 11) is -1.78. The maximum Gasteiger partial charge on any atom is 0.339 e. The number of sulfonamides is 1. The number of aryl methyl sites for hydroxylation is 1. The predicted octanol–water partition coefficient (Wildman–Crippen LogP) is 1.74. The lowest BCUT2D eigenvalue weighted by Gasteiger charge is -2.05. The van der Waals surface area contributed by atoms with Crippen LogP contribution in [0.2, 0.25) is 5.02 Å². The lowest BCUT2D eigenvalue weighted by Crippen LogP contribution is -3.00. The van der Waals surface area contributed by atoms with Crippen molar-refractivity contribution in [2.45, 2.75) is 11.8 Å². The number of hydrogen-bond acceptors (Lipinski definition) is 6. The van der Waals surface area contributed by atoms with Gasteiger partial charge in [-0.3, -0.25) is 4.72 Å². The Hall–Kier alpha value is -2.40. The number of hydrogen-bond donors (Lipinski definition) is 2. The van der Waals surface area contributed by atoms with Crippen LogP contribution < -0.4 is 31.6 Å². The first kappa shape index (κ1) is 23.3. The van der Waals surface area contributed by atoms with Gasteiger partial charge >= 0.3 is 5.13 Å². The van der Waals surface area contributed by atoms with Gasteiger partial charge in [-0.25, -0.2) is 18.3 Å². The van der Waals surface area contributed by atoms with E-state index in [0.29, 0.717) is 10.8 Å². The Kier molecular flexibility index (Phi) is 7.05. The van der Waals surface area contributed by atoms with E-state index in [9.17, 15) is 8.42 Å². The van der Waals surface area contributed by atoms with Crippen LogP contribution in [0.15, 0.2) is 69.4 Å². The van der Waals surface area contributed by atoms with E-state index in [1.54, 1.807) is 30.4 Å². The quantitative estimate of drug-likeness (QED) is 0.363. The molecule has 162 valence electrons. The van der Waals surface area contributed by atoms with Crippen molar-refractivity contribution in [2.75, 3.05) is 10.0 Å². The van der Waals surface area contributed by atoms with Gasteiger partial charge in [-0.05, 0) is 55.5 Å². The molecule has 0 spiro atoms. The SMILES string of the molecule is Cc1cc(NS(=O)(=O)c2ccc(Nc3scc(-c4ccc(Cl)cc4)[n+]3C)cc2)no1.[Br-]. The largest absolute Gasteiger partial charge is 1.00 e. The summed E-state index contributed by atoms with van der Waals surface area (Å²) in [6, 6.07) is 15.7. The molecule has 0 aliphatic carbocycles. The second-order valence-corrected chi connectivity index (χ2v) is 9.55. The number of aromatic nitrogens is 2. The van der Waals surface area contributed by atoms with Crippen molar-refractivity contribution in [3.8, 4) is 11.3 Å². The Bertz CT molecular complexity index is 1290. The van der Waals surface area contributed by atoms with Crippen molar-refractivity contribution in [2.24, 2.45) is 7.05 Å². The fraction of sp³-hybridized carbons (Fsp3) is 0.100. The molecule has 0 radical (unpaired) electrons. The molecule has 7 nitrogen and oxygen atoms in total.